The average molecular weight is 712 g/mol. The minimum atomic E-state index is 0. The van der Waals surface area contributed by atoms with Gasteiger partial charge in [-0.05, 0) is 124 Å². The maximum Gasteiger partial charge on any atom is 0.211 e. The molecule has 0 amide bonds. The van der Waals surface area contributed by atoms with Gasteiger partial charge in [0.15, 0.2) is 0 Å². The van der Waals surface area contributed by atoms with Crippen molar-refractivity contribution in [2.45, 2.75) is 196 Å². The predicted molar refractivity (Wildman–Crippen MR) is 212 cm³/mol. The summed E-state index contributed by atoms with van der Waals surface area (Å²) in [4.78, 5) is 0. The molecule has 0 unspecified atom stereocenters. The largest absolute Gasteiger partial charge is 0.493 e. The molecule has 3 heteroatoms. The molecule has 1 heterocycles. The number of hydrogen-bond acceptors (Lipinski definition) is 0. The first kappa shape index (κ1) is 43.2. The number of nitrogens with zero attached hydrogens (tertiary/aromatic N) is 2. The summed E-state index contributed by atoms with van der Waals surface area (Å²) in [7, 11) is 0. The maximum atomic E-state index is 12.6. The fourth-order valence-corrected chi connectivity index (χ4v) is 7.50. The molecule has 2 aromatic rings. The van der Waals surface area contributed by atoms with Gasteiger partial charge in [-0.25, -0.2) is 4.70 Å². The molecule has 0 fully saturated rings. The van der Waals surface area contributed by atoms with Gasteiger partial charge in [0.2, 0.25) is 11.4 Å². The summed E-state index contributed by atoms with van der Waals surface area (Å²) in [5.74, 6) is 0. The van der Waals surface area contributed by atoms with E-state index in [4.69, 9.17) is 0 Å². The van der Waals surface area contributed by atoms with Crippen LogP contribution in [0.4, 0.5) is 0 Å². The Balaban J connectivity index is 0.00000833. The second kappa shape index (κ2) is 25.0. The third-order valence-electron chi connectivity index (χ3n) is 10.3. The van der Waals surface area contributed by atoms with Crippen molar-refractivity contribution in [1.29, 1.82) is 0 Å². The molecular weight excluding hydrogens is 639 g/mol. The minimum absolute atomic E-state index is 0. The fourth-order valence-electron chi connectivity index (χ4n) is 7.50. The van der Waals surface area contributed by atoms with Crippen LogP contribution in [-0.2, 0) is 42.2 Å². The minimum Gasteiger partial charge on any atom is -0.493 e. The van der Waals surface area contributed by atoms with E-state index in [-0.39, 0.29) is 16.5 Å². The Morgan fingerprint density at radius 2 is 0.653 bits per heavy atom. The van der Waals surface area contributed by atoms with Crippen molar-refractivity contribution in [3.8, 4) is 0 Å². The molecule has 0 atom stereocenters. The zero-order valence-electron chi connectivity index (χ0n) is 32.6. The summed E-state index contributed by atoms with van der Waals surface area (Å²) in [6.45, 7) is 13.8. The molecule has 49 heavy (non-hydrogen) atoms. The molecule has 2 nitrogen and oxygen atoms in total. The fraction of sp³-hybridized carbons (Fsp3) is 0.652. The maximum absolute atomic E-state index is 12.6. The summed E-state index contributed by atoms with van der Waals surface area (Å²) in [5, 5.41) is 0. The molecule has 0 spiro atoms. The Bertz CT molecular complexity index is 1260. The zero-order chi connectivity index (χ0) is 34.6. The molecule has 276 valence electrons. The van der Waals surface area contributed by atoms with E-state index in [0.29, 0.717) is 0 Å². The van der Waals surface area contributed by atoms with Crippen LogP contribution in [0.2, 0.25) is 0 Å². The van der Waals surface area contributed by atoms with Crippen LogP contribution < -0.4 is 0 Å². The van der Waals surface area contributed by atoms with E-state index in [1.54, 1.807) is 4.70 Å². The standard InChI is InChI=1S/C46H72N2.Ni/c1-7-13-19-21-22-24-30-44-43(29-23-20-14-8-2)45(41-33-37(25-15-9-3)31-38(34-41)26-16-10-4)48(47)46(44)42-35-39(27-17-11-5)32-40(36-42)28-18-12-6;/h31-36H,7-30H2,1-6H3;. The number of allylic oxidation sites excluding steroid dienone is 2. The molecule has 1 aliphatic rings. The molecule has 2 aromatic carbocycles. The molecule has 1 aliphatic heterocycles. The summed E-state index contributed by atoms with van der Waals surface area (Å²) in [6, 6.07) is 14.6. The van der Waals surface area contributed by atoms with Crippen molar-refractivity contribution >= 4 is 11.4 Å². The first-order chi connectivity index (χ1) is 23.5. The van der Waals surface area contributed by atoms with Crippen molar-refractivity contribution in [2.75, 3.05) is 0 Å². The van der Waals surface area contributed by atoms with E-state index < -0.39 is 0 Å². The Morgan fingerprint density at radius 1 is 0.367 bits per heavy atom. The number of aryl methyl sites for hydroxylation is 4. The van der Waals surface area contributed by atoms with Crippen molar-refractivity contribution < 1.29 is 21.2 Å². The van der Waals surface area contributed by atoms with Crippen LogP contribution in [0, 0.1) is 0 Å². The first-order valence-corrected chi connectivity index (χ1v) is 20.7. The number of rotatable bonds is 26. The Hall–Kier alpha value is -1.99. The van der Waals surface area contributed by atoms with E-state index in [0.717, 1.165) is 49.9 Å². The smallest absolute Gasteiger partial charge is 0.211 e. The van der Waals surface area contributed by atoms with Crippen LogP contribution in [0.1, 0.15) is 203 Å². The predicted octanol–water partition coefficient (Wildman–Crippen LogP) is 14.9. The van der Waals surface area contributed by atoms with E-state index in [2.05, 4.69) is 77.9 Å². The summed E-state index contributed by atoms with van der Waals surface area (Å²) >= 11 is 0. The molecular formula is C46H72N2Ni. The molecule has 0 aliphatic carbocycles. The van der Waals surface area contributed by atoms with Crippen molar-refractivity contribution in [3.63, 3.8) is 0 Å². The van der Waals surface area contributed by atoms with Crippen LogP contribution in [-0.4, -0.2) is 4.70 Å². The first-order valence-electron chi connectivity index (χ1n) is 20.7. The molecule has 0 saturated heterocycles. The van der Waals surface area contributed by atoms with Gasteiger partial charge >= 0.3 is 0 Å². The second-order valence-corrected chi connectivity index (χ2v) is 14.8. The Labute approximate surface area is 313 Å². The third kappa shape index (κ3) is 13.9. The van der Waals surface area contributed by atoms with Gasteiger partial charge in [-0.15, -0.1) is 0 Å². The van der Waals surface area contributed by atoms with Gasteiger partial charge in [0.25, 0.3) is 0 Å². The normalized spacial score (nSPS) is 13.1. The van der Waals surface area contributed by atoms with Gasteiger partial charge in [0.05, 0.1) is 0 Å². The van der Waals surface area contributed by atoms with Gasteiger partial charge in [0.1, 0.15) is 0 Å². The topological polar surface area (TPSA) is 25.3 Å². The van der Waals surface area contributed by atoms with Crippen LogP contribution >= 0.6 is 0 Å². The Morgan fingerprint density at radius 3 is 0.980 bits per heavy atom. The van der Waals surface area contributed by atoms with Crippen LogP contribution in [0.25, 0.3) is 16.9 Å². The van der Waals surface area contributed by atoms with Crippen LogP contribution in [0.15, 0.2) is 47.5 Å². The number of hydrogen-bond donors (Lipinski definition) is 0. The average Bonchev–Trinajstić information content (AvgIpc) is 3.37. The van der Waals surface area contributed by atoms with E-state index in [1.807, 2.05) is 0 Å². The van der Waals surface area contributed by atoms with Crippen molar-refractivity contribution in [1.82, 2.24) is 0 Å². The molecule has 0 aromatic heterocycles. The van der Waals surface area contributed by atoms with Gasteiger partial charge in [-0.2, -0.15) is 0 Å². The molecule has 0 N–H and O–H groups in total. The third-order valence-corrected chi connectivity index (χ3v) is 10.3. The van der Waals surface area contributed by atoms with Crippen LogP contribution in [0.5, 0.6) is 0 Å². The van der Waals surface area contributed by atoms with Crippen molar-refractivity contribution in [3.05, 3.63) is 86.5 Å². The number of benzene rings is 2. The Kier molecular flexibility index (Phi) is 22.1. The van der Waals surface area contributed by atoms with Gasteiger partial charge < -0.3 is 5.53 Å². The SMILES string of the molecule is CCCCCCCCC1=C(c2cc(CCCC)cc(CCCC)c2)[N+](=[N-])C(c2cc(CCCC)cc(CCCC)c2)=C1CCCCCC.[Ni]. The number of unbranched alkanes of at least 4 members (excludes halogenated alkanes) is 12. The molecule has 0 saturated carbocycles. The zero-order valence-corrected chi connectivity index (χ0v) is 33.6. The van der Waals surface area contributed by atoms with Gasteiger partial charge in [0, 0.05) is 38.8 Å². The van der Waals surface area contributed by atoms with E-state index in [9.17, 15) is 5.53 Å². The molecule has 0 bridgehead atoms. The van der Waals surface area contributed by atoms with Crippen LogP contribution in [0.3, 0.4) is 0 Å². The second-order valence-electron chi connectivity index (χ2n) is 14.8. The summed E-state index contributed by atoms with van der Waals surface area (Å²) in [6.07, 6.45) is 28.9. The van der Waals surface area contributed by atoms with Gasteiger partial charge in [-0.1, -0.05) is 131 Å². The van der Waals surface area contributed by atoms with E-state index >= 15 is 0 Å². The molecule has 3 rings (SSSR count). The van der Waals surface area contributed by atoms with Crippen molar-refractivity contribution in [2.24, 2.45) is 0 Å². The van der Waals surface area contributed by atoms with E-state index in [1.165, 1.54) is 160 Å². The van der Waals surface area contributed by atoms with Gasteiger partial charge in [-0.3, -0.25) is 0 Å². The molecule has 0 radical (unpaired) electrons. The monoisotopic (exact) mass is 711 g/mol. The quantitative estimate of drug-likeness (QED) is 0.0527. The summed E-state index contributed by atoms with van der Waals surface area (Å²) in [5.41, 5.74) is 25.7. The summed E-state index contributed by atoms with van der Waals surface area (Å²) < 4.78 is 1.67.